The molecule has 0 radical (unpaired) electrons. The predicted molar refractivity (Wildman–Crippen MR) is 130 cm³/mol. The highest BCUT2D eigenvalue weighted by Crippen LogP contribution is 2.60. The van der Waals surface area contributed by atoms with Gasteiger partial charge in [-0.05, 0) is 62.6 Å². The van der Waals surface area contributed by atoms with Crippen molar-refractivity contribution < 1.29 is 19.1 Å². The van der Waals surface area contributed by atoms with Crippen LogP contribution >= 0.6 is 11.8 Å². The van der Waals surface area contributed by atoms with Crippen molar-refractivity contribution >= 4 is 40.5 Å². The number of carbonyl (C=O) groups excluding carboxylic acids is 2. The normalized spacial score (nSPS) is 24.4. The molecule has 0 saturated carbocycles. The quantitative estimate of drug-likeness (QED) is 0.658. The molecule has 1 fully saturated rings. The van der Waals surface area contributed by atoms with E-state index in [2.05, 4.69) is 45.9 Å². The van der Waals surface area contributed by atoms with Gasteiger partial charge in [0.2, 0.25) is 10.8 Å². The Morgan fingerprint density at radius 1 is 1.03 bits per heavy atom. The maximum atomic E-state index is 14.4. The first-order valence-corrected chi connectivity index (χ1v) is 12.3. The minimum Gasteiger partial charge on any atom is -0.486 e. The molecule has 170 valence electrons. The smallest absolute Gasteiger partial charge is 0.269 e. The lowest BCUT2D eigenvalue weighted by molar-refractivity contribution is -0.124. The van der Waals surface area contributed by atoms with Crippen LogP contribution in [0.1, 0.15) is 44.4 Å². The zero-order chi connectivity index (χ0) is 23.1. The molecule has 33 heavy (non-hydrogen) atoms. The van der Waals surface area contributed by atoms with Crippen molar-refractivity contribution in [3.8, 4) is 11.5 Å². The Hall–Kier alpha value is -2.93. The number of thioether (sulfide) groups is 1. The Morgan fingerprint density at radius 3 is 2.55 bits per heavy atom. The van der Waals surface area contributed by atoms with Crippen LogP contribution in [0.15, 0.2) is 36.4 Å². The SMILES string of the molecule is CCc1cc2c3c(c1)[C@@]1(SCC(=O)N1c1ccc4c(c1)OCCO4)C(=O)N3C(C)(C)C=C2C. The first-order chi connectivity index (χ1) is 15.8. The largest absolute Gasteiger partial charge is 0.486 e. The van der Waals surface area contributed by atoms with Crippen LogP contribution in [-0.4, -0.2) is 36.3 Å². The van der Waals surface area contributed by atoms with Crippen LogP contribution in [0.25, 0.3) is 5.57 Å². The third-order valence-electron chi connectivity index (χ3n) is 6.98. The fourth-order valence-corrected chi connectivity index (χ4v) is 6.94. The fraction of sp³-hybridized carbons (Fsp3) is 0.385. The molecule has 6 rings (SSSR count). The van der Waals surface area contributed by atoms with Crippen molar-refractivity contribution in [3.05, 3.63) is 53.1 Å². The summed E-state index contributed by atoms with van der Waals surface area (Å²) in [6.07, 6.45) is 3.01. The Labute approximate surface area is 197 Å². The van der Waals surface area contributed by atoms with Crippen LogP contribution < -0.4 is 19.3 Å². The lowest BCUT2D eigenvalue weighted by Crippen LogP contribution is -2.54. The van der Waals surface area contributed by atoms with E-state index in [1.165, 1.54) is 11.8 Å². The Kier molecular flexibility index (Phi) is 4.25. The van der Waals surface area contributed by atoms with Crippen LogP contribution in [-0.2, 0) is 20.9 Å². The molecule has 1 spiro atoms. The first kappa shape index (κ1) is 20.7. The molecule has 2 aromatic carbocycles. The Bertz CT molecular complexity index is 1270. The number of fused-ring (bicyclic) bond motifs is 2. The lowest BCUT2D eigenvalue weighted by Gasteiger charge is -2.40. The number of hydrogen-bond acceptors (Lipinski definition) is 5. The van der Waals surface area contributed by atoms with Gasteiger partial charge in [0.25, 0.3) is 5.91 Å². The van der Waals surface area contributed by atoms with E-state index in [0.29, 0.717) is 30.4 Å². The molecule has 0 aromatic heterocycles. The van der Waals surface area contributed by atoms with Gasteiger partial charge < -0.3 is 9.47 Å². The molecule has 0 N–H and O–H groups in total. The van der Waals surface area contributed by atoms with Crippen LogP contribution in [0.3, 0.4) is 0 Å². The van der Waals surface area contributed by atoms with Crippen molar-refractivity contribution in [2.24, 2.45) is 0 Å². The molecule has 2 aromatic rings. The molecule has 2 amide bonds. The number of hydrogen-bond donors (Lipinski definition) is 0. The summed E-state index contributed by atoms with van der Waals surface area (Å²) in [4.78, 5) is 30.2. The minimum absolute atomic E-state index is 0.0634. The van der Waals surface area contributed by atoms with Gasteiger partial charge in [0.05, 0.1) is 17.0 Å². The van der Waals surface area contributed by atoms with Crippen LogP contribution in [0.2, 0.25) is 0 Å². The van der Waals surface area contributed by atoms with Gasteiger partial charge in [-0.1, -0.05) is 13.0 Å². The molecule has 1 atom stereocenters. The number of amides is 2. The standard InChI is InChI=1S/C26H26N2O4S/c1-5-16-10-18-15(2)13-25(3,4)28-23(18)19(11-16)26(24(28)30)27(22(29)14-33-26)17-6-7-20-21(12-17)32-9-8-31-20/h6-7,10-13H,5,8-9,14H2,1-4H3/t26-/m1/s1. The number of nitrogens with zero attached hydrogens (tertiary/aromatic N) is 2. The van der Waals surface area contributed by atoms with Crippen molar-refractivity contribution in [2.45, 2.75) is 44.5 Å². The molecule has 0 unspecified atom stereocenters. The molecular weight excluding hydrogens is 436 g/mol. The minimum atomic E-state index is -1.13. The highest BCUT2D eigenvalue weighted by Gasteiger charge is 2.64. The van der Waals surface area contributed by atoms with Gasteiger partial charge in [-0.25, -0.2) is 0 Å². The number of ether oxygens (including phenoxy) is 2. The number of allylic oxidation sites excluding steroid dienone is 1. The molecule has 4 heterocycles. The predicted octanol–water partition coefficient (Wildman–Crippen LogP) is 4.50. The molecule has 0 aliphatic carbocycles. The second kappa shape index (κ2) is 6.79. The molecule has 4 aliphatic rings. The fourth-order valence-electron chi connectivity index (χ4n) is 5.61. The van der Waals surface area contributed by atoms with E-state index in [1.807, 2.05) is 23.1 Å². The van der Waals surface area contributed by atoms with E-state index in [9.17, 15) is 9.59 Å². The topological polar surface area (TPSA) is 59.1 Å². The summed E-state index contributed by atoms with van der Waals surface area (Å²) in [5, 5.41) is 0. The highest BCUT2D eigenvalue weighted by molar-refractivity contribution is 8.02. The number of carbonyl (C=O) groups is 2. The number of aryl methyl sites for hydroxylation is 1. The first-order valence-electron chi connectivity index (χ1n) is 11.4. The third kappa shape index (κ3) is 2.63. The summed E-state index contributed by atoms with van der Waals surface area (Å²) >= 11 is 1.42. The maximum absolute atomic E-state index is 14.4. The second-order valence-corrected chi connectivity index (χ2v) is 10.7. The van der Waals surface area contributed by atoms with Gasteiger partial charge in [-0.3, -0.25) is 19.4 Å². The maximum Gasteiger partial charge on any atom is 0.269 e. The molecule has 1 saturated heterocycles. The van der Waals surface area contributed by atoms with E-state index in [0.717, 1.165) is 34.4 Å². The average Bonchev–Trinajstić information content (AvgIpc) is 3.27. The molecule has 7 heteroatoms. The van der Waals surface area contributed by atoms with E-state index < -0.39 is 10.4 Å². The monoisotopic (exact) mass is 462 g/mol. The van der Waals surface area contributed by atoms with Gasteiger partial charge in [-0.2, -0.15) is 0 Å². The second-order valence-electron chi connectivity index (χ2n) is 9.50. The van der Waals surface area contributed by atoms with E-state index in [1.54, 1.807) is 4.90 Å². The Morgan fingerprint density at radius 2 is 1.79 bits per heavy atom. The molecule has 6 nitrogen and oxygen atoms in total. The van der Waals surface area contributed by atoms with E-state index in [-0.39, 0.29) is 17.6 Å². The van der Waals surface area contributed by atoms with Crippen LogP contribution in [0.4, 0.5) is 11.4 Å². The number of rotatable bonds is 2. The van der Waals surface area contributed by atoms with Gasteiger partial charge in [0, 0.05) is 22.9 Å². The number of benzene rings is 2. The van der Waals surface area contributed by atoms with Crippen molar-refractivity contribution in [1.29, 1.82) is 0 Å². The van der Waals surface area contributed by atoms with Crippen LogP contribution in [0, 0.1) is 0 Å². The molecule has 0 bridgehead atoms. The van der Waals surface area contributed by atoms with E-state index >= 15 is 0 Å². The number of anilines is 2. The lowest BCUT2D eigenvalue weighted by atomic mass is 9.87. The summed E-state index contributed by atoms with van der Waals surface area (Å²) in [6, 6.07) is 9.83. The summed E-state index contributed by atoms with van der Waals surface area (Å²) in [7, 11) is 0. The van der Waals surface area contributed by atoms with Crippen molar-refractivity contribution in [2.75, 3.05) is 28.8 Å². The zero-order valence-corrected chi connectivity index (χ0v) is 20.0. The van der Waals surface area contributed by atoms with Gasteiger partial charge in [0.1, 0.15) is 13.2 Å². The van der Waals surface area contributed by atoms with Crippen LogP contribution in [0.5, 0.6) is 11.5 Å². The van der Waals surface area contributed by atoms with Gasteiger partial charge in [0.15, 0.2) is 11.5 Å². The van der Waals surface area contributed by atoms with Gasteiger partial charge >= 0.3 is 0 Å². The highest BCUT2D eigenvalue weighted by atomic mass is 32.2. The van der Waals surface area contributed by atoms with E-state index in [4.69, 9.17) is 9.47 Å². The van der Waals surface area contributed by atoms with Gasteiger partial charge in [-0.15, -0.1) is 11.8 Å². The average molecular weight is 463 g/mol. The molecular formula is C26H26N2O4S. The summed E-state index contributed by atoms with van der Waals surface area (Å²) in [6.45, 7) is 9.30. The molecule has 4 aliphatic heterocycles. The third-order valence-corrected chi connectivity index (χ3v) is 8.37. The van der Waals surface area contributed by atoms with Crippen molar-refractivity contribution in [1.82, 2.24) is 0 Å². The summed E-state index contributed by atoms with van der Waals surface area (Å²) < 4.78 is 11.5. The zero-order valence-electron chi connectivity index (χ0n) is 19.2. The van der Waals surface area contributed by atoms with Crippen molar-refractivity contribution in [3.63, 3.8) is 0 Å². The Balaban J connectivity index is 1.61. The summed E-state index contributed by atoms with van der Waals surface area (Å²) in [5.74, 6) is 1.36. The summed E-state index contributed by atoms with van der Waals surface area (Å²) in [5.41, 5.74) is 5.40.